The largest absolute Gasteiger partial charge is 0.394 e. The number of nitrogen functional groups attached to an aromatic ring is 1. The van der Waals surface area contributed by atoms with Gasteiger partial charge in [0.25, 0.3) is 0 Å². The van der Waals surface area contributed by atoms with Crippen LogP contribution in [-0.2, 0) is 0 Å². The summed E-state index contributed by atoms with van der Waals surface area (Å²) < 4.78 is 0. The minimum absolute atomic E-state index is 0.117. The van der Waals surface area contributed by atoms with Crippen LogP contribution in [0.2, 0.25) is 0 Å². The van der Waals surface area contributed by atoms with Crippen LogP contribution >= 0.6 is 0 Å². The van der Waals surface area contributed by atoms with Gasteiger partial charge in [0.05, 0.1) is 12.1 Å². The molecule has 1 aromatic heterocycles. The van der Waals surface area contributed by atoms with E-state index in [1.54, 1.807) is 0 Å². The lowest BCUT2D eigenvalue weighted by atomic mass is 9.77. The molecule has 0 radical (unpaired) electrons. The van der Waals surface area contributed by atoms with Crippen molar-refractivity contribution in [2.24, 2.45) is 11.8 Å². The highest BCUT2D eigenvalue weighted by atomic mass is 16.3. The summed E-state index contributed by atoms with van der Waals surface area (Å²) in [5.41, 5.74) is 3.02. The summed E-state index contributed by atoms with van der Waals surface area (Å²) in [6.45, 7) is 4.23. The van der Waals surface area contributed by atoms with Crippen LogP contribution in [0.4, 0.5) is 11.8 Å². The Kier molecular flexibility index (Phi) is 4.21. The lowest BCUT2D eigenvalue weighted by Crippen LogP contribution is -2.46. The normalized spacial score (nSPS) is 27.1. The number of rotatable bonds is 4. The second-order valence-corrected chi connectivity index (χ2v) is 5.63. The molecule has 0 saturated heterocycles. The van der Waals surface area contributed by atoms with Crippen LogP contribution in [0, 0.1) is 12.8 Å². The maximum atomic E-state index is 9.77. The van der Waals surface area contributed by atoms with Crippen molar-refractivity contribution < 1.29 is 5.11 Å². The molecule has 1 fully saturated rings. The first-order valence-corrected chi connectivity index (χ1v) is 6.78. The van der Waals surface area contributed by atoms with Gasteiger partial charge in [-0.3, -0.25) is 5.43 Å². The number of hydrogen-bond donors (Lipinski definition) is 4. The van der Waals surface area contributed by atoms with E-state index >= 15 is 0 Å². The fraction of sp³-hybridized carbons (Fsp3) is 0.692. The lowest BCUT2D eigenvalue weighted by molar-refractivity contribution is 0.149. The summed E-state index contributed by atoms with van der Waals surface area (Å²) in [6, 6.07) is 1.87. The highest BCUT2D eigenvalue weighted by Gasteiger charge is 2.34. The minimum Gasteiger partial charge on any atom is -0.394 e. The summed E-state index contributed by atoms with van der Waals surface area (Å²) in [5.74, 6) is 7.07. The van der Waals surface area contributed by atoms with Crippen LogP contribution in [-0.4, -0.2) is 27.2 Å². The molecule has 6 heteroatoms. The molecule has 1 saturated carbocycles. The first-order chi connectivity index (χ1) is 9.07. The van der Waals surface area contributed by atoms with Gasteiger partial charge < -0.3 is 10.4 Å². The molecule has 5 N–H and O–H groups in total. The topological polar surface area (TPSA) is 96.1 Å². The van der Waals surface area contributed by atoms with E-state index in [-0.39, 0.29) is 12.1 Å². The van der Waals surface area contributed by atoms with Gasteiger partial charge >= 0.3 is 0 Å². The molecule has 1 aromatic rings. The van der Waals surface area contributed by atoms with Crippen molar-refractivity contribution >= 4 is 11.8 Å². The molecule has 106 valence electrons. The van der Waals surface area contributed by atoms with Crippen molar-refractivity contribution in [2.75, 3.05) is 17.3 Å². The summed E-state index contributed by atoms with van der Waals surface area (Å²) in [4.78, 5) is 8.45. The predicted octanol–water partition coefficient (Wildman–Crippen LogP) is 1.42. The second-order valence-electron chi connectivity index (χ2n) is 5.63. The molecule has 6 nitrogen and oxygen atoms in total. The van der Waals surface area contributed by atoms with Gasteiger partial charge in [-0.1, -0.05) is 19.8 Å². The Morgan fingerprint density at radius 1 is 1.53 bits per heavy atom. The van der Waals surface area contributed by atoms with Crippen molar-refractivity contribution in [1.29, 1.82) is 0 Å². The zero-order valence-corrected chi connectivity index (χ0v) is 11.6. The Balaban J connectivity index is 2.20. The Morgan fingerprint density at radius 3 is 2.95 bits per heavy atom. The number of aliphatic hydroxyl groups excluding tert-OH is 1. The number of nitrogens with two attached hydrogens (primary N) is 1. The molecule has 0 bridgehead atoms. The summed E-state index contributed by atoms with van der Waals surface area (Å²) >= 11 is 0. The third-order valence-corrected chi connectivity index (χ3v) is 3.77. The van der Waals surface area contributed by atoms with Crippen molar-refractivity contribution in [3.05, 3.63) is 11.8 Å². The number of hydrogen-bond acceptors (Lipinski definition) is 6. The molecule has 19 heavy (non-hydrogen) atoms. The average Bonchev–Trinajstić information content (AvgIpc) is 2.38. The fourth-order valence-corrected chi connectivity index (χ4v) is 2.93. The molecule has 1 heterocycles. The van der Waals surface area contributed by atoms with Crippen LogP contribution in [0.3, 0.4) is 0 Å². The number of nitrogens with one attached hydrogen (secondary N) is 2. The Labute approximate surface area is 113 Å². The van der Waals surface area contributed by atoms with E-state index in [2.05, 4.69) is 27.6 Å². The monoisotopic (exact) mass is 265 g/mol. The van der Waals surface area contributed by atoms with E-state index in [4.69, 9.17) is 5.84 Å². The van der Waals surface area contributed by atoms with Crippen LogP contribution in [0.1, 0.15) is 38.3 Å². The van der Waals surface area contributed by atoms with Crippen LogP contribution < -0.4 is 16.6 Å². The number of aryl methyl sites for hydroxylation is 1. The van der Waals surface area contributed by atoms with Gasteiger partial charge in [-0.05, 0) is 25.7 Å². The Hall–Kier alpha value is -1.40. The highest BCUT2D eigenvalue weighted by Crippen LogP contribution is 2.34. The molecule has 1 aliphatic carbocycles. The highest BCUT2D eigenvalue weighted by molar-refractivity contribution is 5.44. The van der Waals surface area contributed by atoms with Gasteiger partial charge in [0.2, 0.25) is 5.95 Å². The van der Waals surface area contributed by atoms with E-state index in [1.165, 1.54) is 6.42 Å². The predicted molar refractivity (Wildman–Crippen MR) is 75.7 cm³/mol. The van der Waals surface area contributed by atoms with Crippen LogP contribution in [0.25, 0.3) is 0 Å². The van der Waals surface area contributed by atoms with Crippen molar-refractivity contribution in [3.8, 4) is 0 Å². The van der Waals surface area contributed by atoms with Gasteiger partial charge in [0, 0.05) is 11.8 Å². The van der Waals surface area contributed by atoms with Gasteiger partial charge in [-0.15, -0.1) is 0 Å². The van der Waals surface area contributed by atoms with Crippen molar-refractivity contribution in [2.45, 2.75) is 45.1 Å². The molecule has 2 rings (SSSR count). The molecular weight excluding hydrogens is 242 g/mol. The number of nitrogens with zero attached hydrogens (tertiary/aromatic N) is 2. The maximum Gasteiger partial charge on any atom is 0.239 e. The maximum absolute atomic E-state index is 9.77. The molecule has 0 aliphatic heterocycles. The standard InChI is InChI=1S/C13H23N5O/c1-9-4-3-5-13(7-9,8-19)17-11-6-10(2)15-12(16-11)18-14/h6,9,19H,3-5,7-8,14H2,1-2H3,(H2,15,16,17,18). The van der Waals surface area contributed by atoms with Gasteiger partial charge in [0.15, 0.2) is 0 Å². The molecule has 0 amide bonds. The number of aliphatic hydroxyl groups is 1. The first-order valence-electron chi connectivity index (χ1n) is 6.78. The molecule has 0 aromatic carbocycles. The zero-order valence-electron chi connectivity index (χ0n) is 11.6. The van der Waals surface area contributed by atoms with Crippen LogP contribution in [0.5, 0.6) is 0 Å². The fourth-order valence-electron chi connectivity index (χ4n) is 2.93. The first kappa shape index (κ1) is 14.0. The third-order valence-electron chi connectivity index (χ3n) is 3.77. The van der Waals surface area contributed by atoms with E-state index in [9.17, 15) is 5.11 Å². The smallest absolute Gasteiger partial charge is 0.239 e. The molecule has 2 unspecified atom stereocenters. The lowest BCUT2D eigenvalue weighted by Gasteiger charge is -2.39. The average molecular weight is 265 g/mol. The second kappa shape index (κ2) is 5.71. The summed E-state index contributed by atoms with van der Waals surface area (Å²) in [6.07, 6.45) is 4.27. The van der Waals surface area contributed by atoms with Gasteiger partial charge in [0.1, 0.15) is 5.82 Å². The van der Waals surface area contributed by atoms with E-state index in [0.717, 1.165) is 25.0 Å². The zero-order chi connectivity index (χ0) is 13.9. The van der Waals surface area contributed by atoms with Gasteiger partial charge in [-0.2, -0.15) is 4.98 Å². The number of aromatic nitrogens is 2. The molecule has 0 spiro atoms. The Bertz CT molecular complexity index is 439. The van der Waals surface area contributed by atoms with E-state index in [1.807, 2.05) is 13.0 Å². The van der Waals surface area contributed by atoms with Crippen LogP contribution in [0.15, 0.2) is 6.07 Å². The third kappa shape index (κ3) is 3.33. The van der Waals surface area contributed by atoms with E-state index in [0.29, 0.717) is 17.7 Å². The SMILES string of the molecule is Cc1cc(NC2(CO)CCCC(C)C2)nc(NN)n1. The summed E-state index contributed by atoms with van der Waals surface area (Å²) in [7, 11) is 0. The number of anilines is 2. The van der Waals surface area contributed by atoms with Crippen molar-refractivity contribution in [1.82, 2.24) is 9.97 Å². The molecular formula is C13H23N5O. The summed E-state index contributed by atoms with van der Waals surface area (Å²) in [5, 5.41) is 13.2. The van der Waals surface area contributed by atoms with E-state index < -0.39 is 0 Å². The molecule has 2 atom stereocenters. The van der Waals surface area contributed by atoms with Gasteiger partial charge in [-0.25, -0.2) is 10.8 Å². The quantitative estimate of drug-likeness (QED) is 0.486. The minimum atomic E-state index is -0.273. The van der Waals surface area contributed by atoms with Crippen molar-refractivity contribution in [3.63, 3.8) is 0 Å². The number of hydrazine groups is 1. The molecule has 1 aliphatic rings. The Morgan fingerprint density at radius 2 is 2.32 bits per heavy atom.